The fourth-order valence-electron chi connectivity index (χ4n) is 3.03. The van der Waals surface area contributed by atoms with Gasteiger partial charge in [0.1, 0.15) is 0 Å². The van der Waals surface area contributed by atoms with E-state index in [-0.39, 0.29) is 0 Å². The van der Waals surface area contributed by atoms with Gasteiger partial charge in [-0.05, 0) is 31.1 Å². The van der Waals surface area contributed by atoms with Crippen LogP contribution in [0, 0.1) is 5.41 Å². The topological polar surface area (TPSA) is 30.5 Å². The van der Waals surface area contributed by atoms with Crippen LogP contribution in [-0.2, 0) is 9.47 Å². The molecule has 1 N–H and O–H groups in total. The number of methoxy groups -OCH3 is 1. The van der Waals surface area contributed by atoms with Gasteiger partial charge in [0, 0.05) is 26.3 Å². The van der Waals surface area contributed by atoms with Crippen molar-refractivity contribution in [2.45, 2.75) is 64.8 Å². The van der Waals surface area contributed by atoms with Crippen LogP contribution in [-0.4, -0.2) is 39.5 Å². The standard InChI is InChI=1S/C16H33NO2/c1-15(2)17-14-16(8-5-4-6-9-16)10-7-11-19-13-12-18-3/h15,17H,4-14H2,1-3H3. The van der Waals surface area contributed by atoms with Crippen LogP contribution in [0.5, 0.6) is 0 Å². The molecule has 0 unspecified atom stereocenters. The number of ether oxygens (including phenoxy) is 2. The Balaban J connectivity index is 2.24. The van der Waals surface area contributed by atoms with Crippen molar-refractivity contribution in [3.05, 3.63) is 0 Å². The van der Waals surface area contributed by atoms with Crippen molar-refractivity contribution in [3.8, 4) is 0 Å². The second-order valence-corrected chi connectivity index (χ2v) is 6.30. The first-order valence-corrected chi connectivity index (χ1v) is 7.99. The Hall–Kier alpha value is -0.120. The number of nitrogens with one attached hydrogen (secondary N) is 1. The molecule has 0 radical (unpaired) electrons. The number of hydrogen-bond acceptors (Lipinski definition) is 3. The zero-order chi connectivity index (χ0) is 14.0. The van der Waals surface area contributed by atoms with Crippen molar-refractivity contribution in [1.29, 1.82) is 0 Å². The molecule has 0 bridgehead atoms. The Morgan fingerprint density at radius 2 is 1.79 bits per heavy atom. The summed E-state index contributed by atoms with van der Waals surface area (Å²) in [6, 6.07) is 0.594. The molecule has 3 heteroatoms. The zero-order valence-corrected chi connectivity index (χ0v) is 13.2. The lowest BCUT2D eigenvalue weighted by atomic mass is 9.71. The van der Waals surface area contributed by atoms with Crippen molar-refractivity contribution >= 4 is 0 Å². The summed E-state index contributed by atoms with van der Waals surface area (Å²) in [6.07, 6.45) is 9.52. The fourth-order valence-corrected chi connectivity index (χ4v) is 3.03. The molecule has 0 aromatic rings. The third-order valence-electron chi connectivity index (χ3n) is 4.23. The van der Waals surface area contributed by atoms with Gasteiger partial charge >= 0.3 is 0 Å². The molecule has 0 saturated heterocycles. The summed E-state index contributed by atoms with van der Waals surface area (Å²) in [6.45, 7) is 7.98. The van der Waals surface area contributed by atoms with Crippen LogP contribution in [0.1, 0.15) is 58.8 Å². The molecule has 1 fully saturated rings. The Bertz CT molecular complexity index is 213. The van der Waals surface area contributed by atoms with Crippen molar-refractivity contribution in [1.82, 2.24) is 5.32 Å². The van der Waals surface area contributed by atoms with E-state index in [1.54, 1.807) is 7.11 Å². The highest BCUT2D eigenvalue weighted by atomic mass is 16.5. The normalized spacial score (nSPS) is 18.9. The maximum Gasteiger partial charge on any atom is 0.0700 e. The number of hydrogen-bond donors (Lipinski definition) is 1. The van der Waals surface area contributed by atoms with Gasteiger partial charge in [0.05, 0.1) is 13.2 Å². The summed E-state index contributed by atoms with van der Waals surface area (Å²) in [7, 11) is 1.72. The van der Waals surface area contributed by atoms with Gasteiger partial charge in [-0.2, -0.15) is 0 Å². The van der Waals surface area contributed by atoms with Crippen molar-refractivity contribution in [3.63, 3.8) is 0 Å². The number of rotatable bonds is 10. The van der Waals surface area contributed by atoms with Crippen LogP contribution in [0.3, 0.4) is 0 Å². The predicted molar refractivity (Wildman–Crippen MR) is 80.6 cm³/mol. The third-order valence-corrected chi connectivity index (χ3v) is 4.23. The minimum absolute atomic E-state index is 0.535. The van der Waals surface area contributed by atoms with E-state index < -0.39 is 0 Å². The van der Waals surface area contributed by atoms with Crippen molar-refractivity contribution < 1.29 is 9.47 Å². The average Bonchev–Trinajstić information content (AvgIpc) is 2.42. The van der Waals surface area contributed by atoms with Crippen LogP contribution in [0.15, 0.2) is 0 Å². The Kier molecular flexibility index (Phi) is 8.67. The van der Waals surface area contributed by atoms with Gasteiger partial charge in [-0.1, -0.05) is 33.1 Å². The van der Waals surface area contributed by atoms with E-state index in [2.05, 4.69) is 19.2 Å². The summed E-state index contributed by atoms with van der Waals surface area (Å²) in [5.74, 6) is 0. The van der Waals surface area contributed by atoms with Gasteiger partial charge in [-0.3, -0.25) is 0 Å². The van der Waals surface area contributed by atoms with Gasteiger partial charge in [-0.25, -0.2) is 0 Å². The van der Waals surface area contributed by atoms with E-state index in [1.165, 1.54) is 51.5 Å². The minimum atomic E-state index is 0.535. The molecule has 114 valence electrons. The first kappa shape index (κ1) is 16.9. The summed E-state index contributed by atoms with van der Waals surface area (Å²) in [5.41, 5.74) is 0.535. The Labute approximate surface area is 119 Å². The van der Waals surface area contributed by atoms with Gasteiger partial charge in [0.25, 0.3) is 0 Å². The molecule has 19 heavy (non-hydrogen) atoms. The molecule has 1 saturated carbocycles. The molecule has 1 aliphatic rings. The average molecular weight is 271 g/mol. The molecule has 1 aliphatic carbocycles. The lowest BCUT2D eigenvalue weighted by Crippen LogP contribution is -2.39. The predicted octanol–water partition coefficient (Wildman–Crippen LogP) is 3.38. The highest BCUT2D eigenvalue weighted by Gasteiger charge is 2.31. The summed E-state index contributed by atoms with van der Waals surface area (Å²) >= 11 is 0. The van der Waals surface area contributed by atoms with Crippen LogP contribution in [0.2, 0.25) is 0 Å². The zero-order valence-electron chi connectivity index (χ0n) is 13.2. The van der Waals surface area contributed by atoms with E-state index in [1.807, 2.05) is 0 Å². The molecular formula is C16H33NO2. The second-order valence-electron chi connectivity index (χ2n) is 6.30. The van der Waals surface area contributed by atoms with E-state index in [9.17, 15) is 0 Å². The molecule has 0 heterocycles. The van der Waals surface area contributed by atoms with Crippen LogP contribution in [0.25, 0.3) is 0 Å². The summed E-state index contributed by atoms with van der Waals surface area (Å²) in [4.78, 5) is 0. The van der Waals surface area contributed by atoms with Crippen LogP contribution in [0.4, 0.5) is 0 Å². The van der Waals surface area contributed by atoms with Gasteiger partial charge in [-0.15, -0.1) is 0 Å². The molecule has 0 aromatic carbocycles. The minimum Gasteiger partial charge on any atom is -0.382 e. The third kappa shape index (κ3) is 7.28. The molecule has 0 atom stereocenters. The molecule has 3 nitrogen and oxygen atoms in total. The second kappa shape index (κ2) is 9.73. The lowest BCUT2D eigenvalue weighted by Gasteiger charge is -2.38. The Morgan fingerprint density at radius 3 is 2.42 bits per heavy atom. The highest BCUT2D eigenvalue weighted by Crippen LogP contribution is 2.39. The summed E-state index contributed by atoms with van der Waals surface area (Å²) in [5, 5.41) is 3.66. The Morgan fingerprint density at radius 1 is 1.05 bits per heavy atom. The van der Waals surface area contributed by atoms with Crippen LogP contribution >= 0.6 is 0 Å². The smallest absolute Gasteiger partial charge is 0.0700 e. The molecule has 0 aromatic heterocycles. The van der Waals surface area contributed by atoms with Gasteiger partial charge in [0.15, 0.2) is 0 Å². The molecule has 0 spiro atoms. The SMILES string of the molecule is COCCOCCCC1(CNC(C)C)CCCCC1. The molecule has 0 aliphatic heterocycles. The highest BCUT2D eigenvalue weighted by molar-refractivity contribution is 4.85. The van der Waals surface area contributed by atoms with E-state index in [4.69, 9.17) is 9.47 Å². The van der Waals surface area contributed by atoms with E-state index in [0.29, 0.717) is 18.1 Å². The first-order chi connectivity index (χ1) is 9.18. The van der Waals surface area contributed by atoms with E-state index in [0.717, 1.165) is 13.2 Å². The monoisotopic (exact) mass is 271 g/mol. The largest absolute Gasteiger partial charge is 0.382 e. The van der Waals surface area contributed by atoms with Crippen molar-refractivity contribution in [2.75, 3.05) is 33.5 Å². The summed E-state index contributed by atoms with van der Waals surface area (Å²) < 4.78 is 10.6. The lowest BCUT2D eigenvalue weighted by molar-refractivity contribution is 0.0591. The van der Waals surface area contributed by atoms with Gasteiger partial charge < -0.3 is 14.8 Å². The first-order valence-electron chi connectivity index (χ1n) is 7.99. The maximum atomic E-state index is 5.59. The molecular weight excluding hydrogens is 238 g/mol. The van der Waals surface area contributed by atoms with Gasteiger partial charge in [0.2, 0.25) is 0 Å². The van der Waals surface area contributed by atoms with Crippen LogP contribution < -0.4 is 5.32 Å². The van der Waals surface area contributed by atoms with E-state index >= 15 is 0 Å². The van der Waals surface area contributed by atoms with Crippen molar-refractivity contribution in [2.24, 2.45) is 5.41 Å². The fraction of sp³-hybridized carbons (Fsp3) is 1.00. The quantitative estimate of drug-likeness (QED) is 0.618. The molecule has 0 amide bonds. The maximum absolute atomic E-state index is 5.59. The molecule has 1 rings (SSSR count).